The van der Waals surface area contributed by atoms with Gasteiger partial charge in [0.25, 0.3) is 0 Å². The summed E-state index contributed by atoms with van der Waals surface area (Å²) in [6.45, 7) is 6.41. The van der Waals surface area contributed by atoms with E-state index in [1.807, 2.05) is 13.0 Å². The second-order valence-electron chi connectivity index (χ2n) is 3.53. The van der Waals surface area contributed by atoms with Gasteiger partial charge in [-0.3, -0.25) is 0 Å². The molecule has 0 fully saturated rings. The minimum Gasteiger partial charge on any atom is -0.377 e. The van der Waals surface area contributed by atoms with Crippen LogP contribution in [0.3, 0.4) is 0 Å². The van der Waals surface area contributed by atoms with Crippen LogP contribution >= 0.6 is 0 Å². The van der Waals surface area contributed by atoms with Crippen molar-refractivity contribution in [2.24, 2.45) is 0 Å². The monoisotopic (exact) mass is 209 g/mol. The van der Waals surface area contributed by atoms with Crippen LogP contribution in [0.1, 0.15) is 30.6 Å². The van der Waals surface area contributed by atoms with Gasteiger partial charge in [-0.1, -0.05) is 6.92 Å². The first-order valence-electron chi connectivity index (χ1n) is 5.29. The van der Waals surface area contributed by atoms with Crippen molar-refractivity contribution >= 4 is 0 Å². The van der Waals surface area contributed by atoms with Crippen molar-refractivity contribution in [2.75, 3.05) is 13.7 Å². The van der Waals surface area contributed by atoms with Gasteiger partial charge in [0.15, 0.2) is 5.82 Å². The predicted molar refractivity (Wildman–Crippen MR) is 59.5 cm³/mol. The zero-order chi connectivity index (χ0) is 11.1. The molecule has 0 aliphatic carbocycles. The molecule has 0 amide bonds. The second kappa shape index (κ2) is 6.48. The number of hydrogen-bond donors (Lipinski definition) is 1. The molecule has 0 radical (unpaired) electrons. The highest BCUT2D eigenvalue weighted by Crippen LogP contribution is 2.01. The van der Waals surface area contributed by atoms with Crippen LogP contribution in [0.2, 0.25) is 0 Å². The zero-order valence-electron chi connectivity index (χ0n) is 9.71. The third-order valence-corrected chi connectivity index (χ3v) is 1.96. The number of aryl methyl sites for hydroxylation is 1. The van der Waals surface area contributed by atoms with Gasteiger partial charge in [-0.05, 0) is 26.0 Å². The third-order valence-electron chi connectivity index (χ3n) is 1.96. The Labute approximate surface area is 91.1 Å². The Balaban J connectivity index is 2.62. The molecule has 4 heteroatoms. The molecule has 0 bridgehead atoms. The van der Waals surface area contributed by atoms with Crippen LogP contribution in [0.5, 0.6) is 0 Å². The average Bonchev–Trinajstić information content (AvgIpc) is 2.18. The van der Waals surface area contributed by atoms with Crippen molar-refractivity contribution in [3.63, 3.8) is 0 Å². The molecule has 0 saturated carbocycles. The molecule has 0 aliphatic heterocycles. The van der Waals surface area contributed by atoms with E-state index in [2.05, 4.69) is 22.2 Å². The minimum absolute atomic E-state index is 0.475. The number of rotatable bonds is 6. The van der Waals surface area contributed by atoms with E-state index in [1.54, 1.807) is 7.11 Å². The van der Waals surface area contributed by atoms with Gasteiger partial charge in [0.05, 0.1) is 5.69 Å². The van der Waals surface area contributed by atoms with E-state index in [0.717, 1.165) is 36.7 Å². The summed E-state index contributed by atoms with van der Waals surface area (Å²) in [7, 11) is 1.65. The lowest BCUT2D eigenvalue weighted by Gasteiger charge is -2.06. The molecular weight excluding hydrogens is 190 g/mol. The summed E-state index contributed by atoms with van der Waals surface area (Å²) in [5.41, 5.74) is 2.02. The molecule has 0 aliphatic rings. The third kappa shape index (κ3) is 4.36. The molecule has 84 valence electrons. The molecule has 1 rings (SSSR count). The molecule has 1 aromatic rings. The Morgan fingerprint density at radius 1 is 1.40 bits per heavy atom. The SMILES string of the molecule is CCCNCc1cc(C)nc(COC)n1. The maximum absolute atomic E-state index is 5.02. The van der Waals surface area contributed by atoms with Crippen LogP contribution in [0, 0.1) is 6.92 Å². The molecule has 1 aromatic heterocycles. The minimum atomic E-state index is 0.475. The van der Waals surface area contributed by atoms with Crippen LogP contribution < -0.4 is 5.32 Å². The summed E-state index contributed by atoms with van der Waals surface area (Å²) in [4.78, 5) is 8.68. The second-order valence-corrected chi connectivity index (χ2v) is 3.53. The van der Waals surface area contributed by atoms with Crippen LogP contribution in [-0.2, 0) is 17.9 Å². The zero-order valence-corrected chi connectivity index (χ0v) is 9.71. The number of aromatic nitrogens is 2. The van der Waals surface area contributed by atoms with E-state index in [1.165, 1.54) is 0 Å². The Bertz CT molecular complexity index is 302. The molecule has 0 saturated heterocycles. The summed E-state index contributed by atoms with van der Waals surface area (Å²) < 4.78 is 5.02. The maximum Gasteiger partial charge on any atom is 0.154 e. The summed E-state index contributed by atoms with van der Waals surface area (Å²) in [6, 6.07) is 2.00. The van der Waals surface area contributed by atoms with Gasteiger partial charge in [-0.2, -0.15) is 0 Å². The van der Waals surface area contributed by atoms with Gasteiger partial charge < -0.3 is 10.1 Å². The molecule has 0 unspecified atom stereocenters. The van der Waals surface area contributed by atoms with E-state index >= 15 is 0 Å². The Hall–Kier alpha value is -1.00. The smallest absolute Gasteiger partial charge is 0.154 e. The van der Waals surface area contributed by atoms with E-state index in [4.69, 9.17) is 4.74 Å². The summed E-state index contributed by atoms with van der Waals surface area (Å²) >= 11 is 0. The lowest BCUT2D eigenvalue weighted by Crippen LogP contribution is -2.16. The Morgan fingerprint density at radius 2 is 2.20 bits per heavy atom. The summed E-state index contributed by atoms with van der Waals surface area (Å²) in [5.74, 6) is 0.755. The fourth-order valence-corrected chi connectivity index (χ4v) is 1.38. The van der Waals surface area contributed by atoms with Crippen molar-refractivity contribution in [1.29, 1.82) is 0 Å². The Kier molecular flexibility index (Phi) is 5.21. The highest BCUT2D eigenvalue weighted by atomic mass is 16.5. The van der Waals surface area contributed by atoms with Gasteiger partial charge in [0, 0.05) is 19.3 Å². The quantitative estimate of drug-likeness (QED) is 0.720. The molecule has 1 heterocycles. The van der Waals surface area contributed by atoms with Crippen molar-refractivity contribution in [2.45, 2.75) is 33.4 Å². The van der Waals surface area contributed by atoms with Gasteiger partial charge in [0.2, 0.25) is 0 Å². The van der Waals surface area contributed by atoms with Crippen LogP contribution in [0.15, 0.2) is 6.07 Å². The fraction of sp³-hybridized carbons (Fsp3) is 0.636. The maximum atomic E-state index is 5.02. The first kappa shape index (κ1) is 12.1. The Morgan fingerprint density at radius 3 is 2.87 bits per heavy atom. The number of methoxy groups -OCH3 is 1. The number of ether oxygens (including phenoxy) is 1. The van der Waals surface area contributed by atoms with E-state index < -0.39 is 0 Å². The lowest BCUT2D eigenvalue weighted by atomic mass is 10.3. The highest BCUT2D eigenvalue weighted by Gasteiger charge is 2.01. The van der Waals surface area contributed by atoms with Crippen molar-refractivity contribution in [3.05, 3.63) is 23.3 Å². The van der Waals surface area contributed by atoms with E-state index in [-0.39, 0.29) is 0 Å². The van der Waals surface area contributed by atoms with Crippen molar-refractivity contribution < 1.29 is 4.74 Å². The fourth-order valence-electron chi connectivity index (χ4n) is 1.38. The standard InChI is InChI=1S/C11H19N3O/c1-4-5-12-7-10-6-9(2)13-11(14-10)8-15-3/h6,12H,4-5,7-8H2,1-3H3. The van der Waals surface area contributed by atoms with Crippen LogP contribution in [-0.4, -0.2) is 23.6 Å². The van der Waals surface area contributed by atoms with Gasteiger partial charge in [-0.15, -0.1) is 0 Å². The molecule has 15 heavy (non-hydrogen) atoms. The van der Waals surface area contributed by atoms with Crippen LogP contribution in [0.4, 0.5) is 0 Å². The largest absolute Gasteiger partial charge is 0.377 e. The van der Waals surface area contributed by atoms with E-state index in [0.29, 0.717) is 6.61 Å². The molecule has 1 N–H and O–H groups in total. The van der Waals surface area contributed by atoms with Crippen molar-refractivity contribution in [1.82, 2.24) is 15.3 Å². The molecule has 0 spiro atoms. The lowest BCUT2D eigenvalue weighted by molar-refractivity contribution is 0.177. The van der Waals surface area contributed by atoms with Gasteiger partial charge >= 0.3 is 0 Å². The molecule has 4 nitrogen and oxygen atoms in total. The first-order valence-corrected chi connectivity index (χ1v) is 5.29. The predicted octanol–water partition coefficient (Wildman–Crippen LogP) is 1.43. The molecule has 0 aromatic carbocycles. The number of nitrogens with one attached hydrogen (secondary N) is 1. The first-order chi connectivity index (χ1) is 7.26. The van der Waals surface area contributed by atoms with Crippen LogP contribution in [0.25, 0.3) is 0 Å². The highest BCUT2D eigenvalue weighted by molar-refractivity contribution is 5.09. The van der Waals surface area contributed by atoms with Gasteiger partial charge in [0.1, 0.15) is 6.61 Å². The molecular formula is C11H19N3O. The number of hydrogen-bond acceptors (Lipinski definition) is 4. The van der Waals surface area contributed by atoms with E-state index in [9.17, 15) is 0 Å². The normalized spacial score (nSPS) is 10.6. The molecule has 0 atom stereocenters. The van der Waals surface area contributed by atoms with Crippen molar-refractivity contribution in [3.8, 4) is 0 Å². The topological polar surface area (TPSA) is 47.0 Å². The average molecular weight is 209 g/mol. The number of nitrogens with zero attached hydrogens (tertiary/aromatic N) is 2. The van der Waals surface area contributed by atoms with Gasteiger partial charge in [-0.25, -0.2) is 9.97 Å². The summed E-state index contributed by atoms with van der Waals surface area (Å²) in [5, 5.41) is 3.32. The summed E-state index contributed by atoms with van der Waals surface area (Å²) in [6.07, 6.45) is 1.13.